The smallest absolute Gasteiger partial charge is 0.0361 e. The maximum absolute atomic E-state index is 3.65. The van der Waals surface area contributed by atoms with Gasteiger partial charge in [-0.3, -0.25) is 0 Å². The maximum atomic E-state index is 3.65. The molecule has 0 spiro atoms. The van der Waals surface area contributed by atoms with Gasteiger partial charge < -0.3 is 10.2 Å². The molecule has 1 unspecified atom stereocenters. The largest absolute Gasteiger partial charge is 0.378 e. The molecule has 2 aromatic rings. The quantitative estimate of drug-likeness (QED) is 0.875. The van der Waals surface area contributed by atoms with Crippen molar-refractivity contribution in [3.05, 3.63) is 65.7 Å². The molecule has 106 valence electrons. The molecule has 0 saturated heterocycles. The molecule has 20 heavy (non-hydrogen) atoms. The molecule has 0 heterocycles. The van der Waals surface area contributed by atoms with Crippen molar-refractivity contribution in [2.45, 2.75) is 25.9 Å². The standard InChI is InChI=1S/C18H24N2/c1-14(16-8-6-5-7-9-16)19-15(2)17-10-12-18(13-11-17)20(3)4/h5-15,19H,1-4H3/t14-,15?/m1/s1. The highest BCUT2D eigenvalue weighted by molar-refractivity contribution is 5.46. The highest BCUT2D eigenvalue weighted by Gasteiger charge is 2.10. The first-order valence-electron chi connectivity index (χ1n) is 7.16. The lowest BCUT2D eigenvalue weighted by atomic mass is 10.0. The van der Waals surface area contributed by atoms with Crippen LogP contribution < -0.4 is 10.2 Å². The molecule has 1 N–H and O–H groups in total. The molecular formula is C18H24N2. The molecule has 0 aliphatic carbocycles. The van der Waals surface area contributed by atoms with Crippen LogP contribution in [0, 0.1) is 0 Å². The lowest BCUT2D eigenvalue weighted by Crippen LogP contribution is -2.22. The van der Waals surface area contributed by atoms with E-state index in [0.717, 1.165) is 0 Å². The molecule has 0 aromatic heterocycles. The average Bonchev–Trinajstić information content (AvgIpc) is 2.48. The van der Waals surface area contributed by atoms with Crippen molar-refractivity contribution in [3.63, 3.8) is 0 Å². The number of anilines is 1. The number of nitrogens with one attached hydrogen (secondary N) is 1. The summed E-state index contributed by atoms with van der Waals surface area (Å²) < 4.78 is 0. The van der Waals surface area contributed by atoms with Gasteiger partial charge in [0.1, 0.15) is 0 Å². The fourth-order valence-electron chi connectivity index (χ4n) is 2.37. The number of nitrogens with zero attached hydrogens (tertiary/aromatic N) is 1. The minimum Gasteiger partial charge on any atom is -0.378 e. The van der Waals surface area contributed by atoms with Crippen LogP contribution in [0.4, 0.5) is 5.69 Å². The molecule has 2 atom stereocenters. The van der Waals surface area contributed by atoms with Gasteiger partial charge in [0, 0.05) is 31.9 Å². The zero-order valence-corrected chi connectivity index (χ0v) is 12.8. The Kier molecular flexibility index (Phi) is 4.80. The van der Waals surface area contributed by atoms with Crippen LogP contribution >= 0.6 is 0 Å². The van der Waals surface area contributed by atoms with Crippen LogP contribution in [-0.2, 0) is 0 Å². The fourth-order valence-corrected chi connectivity index (χ4v) is 2.37. The van der Waals surface area contributed by atoms with Crippen LogP contribution in [0.15, 0.2) is 54.6 Å². The summed E-state index contributed by atoms with van der Waals surface area (Å²) in [6.45, 7) is 4.42. The summed E-state index contributed by atoms with van der Waals surface area (Å²) in [6, 6.07) is 20.0. The number of hydrogen-bond donors (Lipinski definition) is 1. The Balaban J connectivity index is 2.02. The SMILES string of the molecule is CC(N[C@H](C)c1ccccc1)c1ccc(N(C)C)cc1. The van der Waals surface area contributed by atoms with Crippen molar-refractivity contribution in [2.24, 2.45) is 0 Å². The first-order chi connectivity index (χ1) is 9.58. The summed E-state index contributed by atoms with van der Waals surface area (Å²) >= 11 is 0. The zero-order chi connectivity index (χ0) is 14.5. The van der Waals surface area contributed by atoms with Gasteiger partial charge >= 0.3 is 0 Å². The Labute approximate surface area is 122 Å². The van der Waals surface area contributed by atoms with Gasteiger partial charge in [-0.1, -0.05) is 42.5 Å². The predicted molar refractivity (Wildman–Crippen MR) is 87.2 cm³/mol. The lowest BCUT2D eigenvalue weighted by Gasteiger charge is -2.21. The molecule has 0 amide bonds. The van der Waals surface area contributed by atoms with Crippen LogP contribution in [0.1, 0.15) is 37.1 Å². The summed E-state index contributed by atoms with van der Waals surface area (Å²) in [5, 5.41) is 3.65. The summed E-state index contributed by atoms with van der Waals surface area (Å²) in [5.41, 5.74) is 3.87. The van der Waals surface area contributed by atoms with Crippen molar-refractivity contribution < 1.29 is 0 Å². The van der Waals surface area contributed by atoms with E-state index in [2.05, 4.69) is 92.8 Å². The minimum absolute atomic E-state index is 0.335. The van der Waals surface area contributed by atoms with Gasteiger partial charge in [0.25, 0.3) is 0 Å². The maximum Gasteiger partial charge on any atom is 0.0361 e. The Hall–Kier alpha value is -1.80. The molecule has 0 radical (unpaired) electrons. The van der Waals surface area contributed by atoms with Crippen LogP contribution in [0.2, 0.25) is 0 Å². The summed E-state index contributed by atoms with van der Waals surface area (Å²) in [7, 11) is 4.13. The van der Waals surface area contributed by atoms with Crippen molar-refractivity contribution >= 4 is 5.69 Å². The predicted octanol–water partition coefficient (Wildman–Crippen LogP) is 4.16. The molecule has 0 aliphatic rings. The van der Waals surface area contributed by atoms with Crippen LogP contribution in [0.25, 0.3) is 0 Å². The third-order valence-electron chi connectivity index (χ3n) is 3.71. The van der Waals surface area contributed by atoms with Gasteiger partial charge in [0.2, 0.25) is 0 Å². The summed E-state index contributed by atoms with van der Waals surface area (Å²) in [4.78, 5) is 2.12. The topological polar surface area (TPSA) is 15.3 Å². The van der Waals surface area contributed by atoms with Crippen molar-refractivity contribution in [3.8, 4) is 0 Å². The molecular weight excluding hydrogens is 244 g/mol. The monoisotopic (exact) mass is 268 g/mol. The van der Waals surface area contributed by atoms with E-state index in [0.29, 0.717) is 12.1 Å². The van der Waals surface area contributed by atoms with Gasteiger partial charge in [0.05, 0.1) is 0 Å². The van der Waals surface area contributed by atoms with Crippen molar-refractivity contribution in [1.29, 1.82) is 0 Å². The minimum atomic E-state index is 0.335. The molecule has 0 bridgehead atoms. The molecule has 0 aliphatic heterocycles. The van der Waals surface area contributed by atoms with Crippen LogP contribution in [0.5, 0.6) is 0 Å². The summed E-state index contributed by atoms with van der Waals surface area (Å²) in [6.07, 6.45) is 0. The zero-order valence-electron chi connectivity index (χ0n) is 12.8. The van der Waals surface area contributed by atoms with E-state index in [9.17, 15) is 0 Å². The van der Waals surface area contributed by atoms with E-state index in [1.165, 1.54) is 16.8 Å². The first-order valence-corrected chi connectivity index (χ1v) is 7.16. The molecule has 0 saturated carbocycles. The lowest BCUT2D eigenvalue weighted by molar-refractivity contribution is 0.495. The molecule has 2 nitrogen and oxygen atoms in total. The molecule has 2 aromatic carbocycles. The molecule has 0 fully saturated rings. The van der Waals surface area contributed by atoms with Crippen molar-refractivity contribution in [2.75, 3.05) is 19.0 Å². The van der Waals surface area contributed by atoms with Gasteiger partial charge in [-0.15, -0.1) is 0 Å². The van der Waals surface area contributed by atoms with Gasteiger partial charge in [-0.05, 0) is 37.1 Å². The van der Waals surface area contributed by atoms with E-state index >= 15 is 0 Å². The number of hydrogen-bond acceptors (Lipinski definition) is 2. The number of rotatable bonds is 5. The Morgan fingerprint density at radius 3 is 1.75 bits per heavy atom. The van der Waals surface area contributed by atoms with Crippen LogP contribution in [0.3, 0.4) is 0 Å². The Bertz CT molecular complexity index is 517. The molecule has 2 rings (SSSR count). The third-order valence-corrected chi connectivity index (χ3v) is 3.71. The molecule has 2 heteroatoms. The Morgan fingerprint density at radius 1 is 0.750 bits per heavy atom. The second kappa shape index (κ2) is 6.58. The number of benzene rings is 2. The van der Waals surface area contributed by atoms with E-state index in [1.807, 2.05) is 0 Å². The first kappa shape index (κ1) is 14.6. The second-order valence-electron chi connectivity index (χ2n) is 5.51. The van der Waals surface area contributed by atoms with E-state index in [-0.39, 0.29) is 0 Å². The van der Waals surface area contributed by atoms with Crippen LogP contribution in [-0.4, -0.2) is 14.1 Å². The fraction of sp³-hybridized carbons (Fsp3) is 0.333. The van der Waals surface area contributed by atoms with E-state index in [4.69, 9.17) is 0 Å². The highest BCUT2D eigenvalue weighted by Crippen LogP contribution is 2.21. The normalized spacial score (nSPS) is 13.8. The van der Waals surface area contributed by atoms with Gasteiger partial charge in [0.15, 0.2) is 0 Å². The third kappa shape index (κ3) is 3.61. The average molecular weight is 268 g/mol. The highest BCUT2D eigenvalue weighted by atomic mass is 15.1. The van der Waals surface area contributed by atoms with E-state index in [1.54, 1.807) is 0 Å². The van der Waals surface area contributed by atoms with Crippen molar-refractivity contribution in [1.82, 2.24) is 5.32 Å². The van der Waals surface area contributed by atoms with Gasteiger partial charge in [-0.2, -0.15) is 0 Å². The van der Waals surface area contributed by atoms with E-state index < -0.39 is 0 Å². The Morgan fingerprint density at radius 2 is 1.25 bits per heavy atom. The van der Waals surface area contributed by atoms with Gasteiger partial charge in [-0.25, -0.2) is 0 Å². The summed E-state index contributed by atoms with van der Waals surface area (Å²) in [5.74, 6) is 0. The second-order valence-corrected chi connectivity index (χ2v) is 5.51.